The lowest BCUT2D eigenvalue weighted by Crippen LogP contribution is -2.70. The highest BCUT2D eigenvalue weighted by atomic mass is 19.1. The summed E-state index contributed by atoms with van der Waals surface area (Å²) >= 11 is 0. The number of halogens is 1. The summed E-state index contributed by atoms with van der Waals surface area (Å²) in [4.78, 5) is 40.7. The number of primary amides is 1. The number of nitrogens with two attached hydrogens (primary N) is 1. The van der Waals surface area contributed by atoms with E-state index in [0.717, 1.165) is 0 Å². The van der Waals surface area contributed by atoms with Gasteiger partial charge in [-0.1, -0.05) is 43.3 Å². The molecule has 2 aromatic carbocycles. The number of likely N-dealkylation sites (N-methyl/N-ethyl adjacent to an activating group) is 1. The number of hydrogen-bond acceptors (Lipinski definition) is 9. The molecule has 1 amide bonds. The maximum atomic E-state index is 14.0. The maximum Gasteiger partial charge on any atom is 0.255 e. The molecule has 0 heterocycles. The van der Waals surface area contributed by atoms with Crippen LogP contribution in [0.2, 0.25) is 0 Å². The predicted octanol–water partition coefficient (Wildman–Crippen LogP) is 1.81. The molecule has 0 unspecified atom stereocenters. The van der Waals surface area contributed by atoms with Crippen LogP contribution in [0, 0.1) is 17.7 Å². The molecule has 41 heavy (non-hydrogen) atoms. The Kier molecular flexibility index (Phi) is 6.64. The fraction of sp³-hybridized carbons (Fsp3) is 0.300. The minimum absolute atomic E-state index is 0.109. The van der Waals surface area contributed by atoms with Crippen molar-refractivity contribution in [2.45, 2.75) is 30.6 Å². The number of nitrogens with zero attached hydrogens (tertiary/aromatic N) is 1. The predicted molar refractivity (Wildman–Crippen MR) is 146 cm³/mol. The molecule has 11 heteroatoms. The summed E-state index contributed by atoms with van der Waals surface area (Å²) in [7, 11) is 2.89. The number of Topliss-reactive ketones (excluding diaryl/α,β-unsaturated/α-hetero) is 2. The number of carbonyl (C=O) groups is 3. The number of aromatic hydroxyl groups is 1. The Bertz CT molecular complexity index is 1590. The van der Waals surface area contributed by atoms with E-state index in [1.165, 1.54) is 49.3 Å². The second-order valence-corrected chi connectivity index (χ2v) is 10.9. The van der Waals surface area contributed by atoms with Crippen molar-refractivity contribution in [2.75, 3.05) is 14.1 Å². The van der Waals surface area contributed by atoms with Crippen molar-refractivity contribution in [1.82, 2.24) is 4.90 Å². The topological polar surface area (TPSA) is 182 Å². The molecule has 0 spiro atoms. The Morgan fingerprint density at radius 2 is 1.68 bits per heavy atom. The lowest BCUT2D eigenvalue weighted by molar-refractivity contribution is -0.169. The zero-order chi connectivity index (χ0) is 30.1. The second-order valence-electron chi connectivity index (χ2n) is 10.9. The summed E-state index contributed by atoms with van der Waals surface area (Å²) in [6, 6.07) is 7.39. The lowest BCUT2D eigenvalue weighted by Gasteiger charge is -2.53. The van der Waals surface area contributed by atoms with E-state index >= 15 is 0 Å². The molecule has 0 aromatic heterocycles. The van der Waals surface area contributed by atoms with E-state index in [1.807, 2.05) is 0 Å². The number of amides is 1. The quantitative estimate of drug-likeness (QED) is 0.238. The molecule has 0 aliphatic heterocycles. The van der Waals surface area contributed by atoms with Gasteiger partial charge in [0.25, 0.3) is 5.91 Å². The van der Waals surface area contributed by atoms with E-state index in [-0.39, 0.29) is 11.1 Å². The molecule has 3 aliphatic carbocycles. The molecular weight excluding hydrogens is 535 g/mol. The zero-order valence-corrected chi connectivity index (χ0v) is 22.4. The second kappa shape index (κ2) is 9.65. The highest BCUT2D eigenvalue weighted by Crippen LogP contribution is 2.56. The highest BCUT2D eigenvalue weighted by molar-refractivity contribution is 6.24. The normalized spacial score (nSPS) is 29.6. The standard InChI is InChI=1S/C30H29FN2O8/c1-12-16-11-8-14(7-4-13-5-9-15(31)10-6-13)23(34)18(16)24(35)19-17(12)25(36)21-22(33(2)3)26(37)20(29(32)40)28(39)30(21,41)27(19)38/h4-12,17,21-22,25,34-36,39,41H,1-3H3,(H2,32,40)/b7-4+/t12-,17-,21+,22+,25+,30+/m1/s1. The van der Waals surface area contributed by atoms with Crippen LogP contribution in [0.3, 0.4) is 0 Å². The average molecular weight is 565 g/mol. The van der Waals surface area contributed by atoms with Gasteiger partial charge >= 0.3 is 0 Å². The molecule has 6 atom stereocenters. The van der Waals surface area contributed by atoms with Crippen LogP contribution >= 0.6 is 0 Å². The van der Waals surface area contributed by atoms with Gasteiger partial charge in [0.1, 0.15) is 28.7 Å². The number of hydrogen-bond donors (Lipinski definition) is 6. The van der Waals surface area contributed by atoms with Gasteiger partial charge in [-0.2, -0.15) is 0 Å². The molecule has 10 nitrogen and oxygen atoms in total. The summed E-state index contributed by atoms with van der Waals surface area (Å²) < 4.78 is 13.3. The highest BCUT2D eigenvalue weighted by Gasteiger charge is 2.68. The number of carbonyl (C=O) groups excluding carboxylic acids is 3. The van der Waals surface area contributed by atoms with E-state index in [2.05, 4.69) is 0 Å². The van der Waals surface area contributed by atoms with E-state index in [1.54, 1.807) is 25.1 Å². The minimum Gasteiger partial charge on any atom is -0.508 e. The first-order valence-corrected chi connectivity index (χ1v) is 12.9. The van der Waals surface area contributed by atoms with Crippen molar-refractivity contribution in [1.29, 1.82) is 0 Å². The molecule has 7 N–H and O–H groups in total. The molecule has 0 saturated heterocycles. The zero-order valence-electron chi connectivity index (χ0n) is 22.4. The Morgan fingerprint density at radius 1 is 1.05 bits per heavy atom. The van der Waals surface area contributed by atoms with Crippen LogP contribution in [-0.2, 0) is 14.4 Å². The van der Waals surface area contributed by atoms with E-state index in [0.29, 0.717) is 11.1 Å². The number of rotatable bonds is 4. The molecule has 3 aliphatic rings. The monoisotopic (exact) mass is 564 g/mol. The molecule has 214 valence electrons. The van der Waals surface area contributed by atoms with Gasteiger partial charge in [0.15, 0.2) is 11.4 Å². The number of phenols is 1. The molecule has 0 bridgehead atoms. The van der Waals surface area contributed by atoms with Crippen molar-refractivity contribution < 1.29 is 44.3 Å². The fourth-order valence-corrected chi connectivity index (χ4v) is 6.53. The van der Waals surface area contributed by atoms with Gasteiger partial charge in [0.05, 0.1) is 23.6 Å². The van der Waals surface area contributed by atoms with Gasteiger partial charge in [-0.15, -0.1) is 0 Å². The first-order valence-electron chi connectivity index (χ1n) is 12.9. The molecule has 5 rings (SSSR count). The van der Waals surface area contributed by atoms with Crippen LogP contribution in [-0.4, -0.2) is 79.7 Å². The molecule has 1 fully saturated rings. The van der Waals surface area contributed by atoms with Crippen molar-refractivity contribution >= 4 is 35.4 Å². The first kappa shape index (κ1) is 28.2. The van der Waals surface area contributed by atoms with Crippen LogP contribution in [0.25, 0.3) is 17.9 Å². The fourth-order valence-electron chi connectivity index (χ4n) is 6.53. The first-order chi connectivity index (χ1) is 19.2. The molecular formula is C30H29FN2O8. The van der Waals surface area contributed by atoms with Crippen molar-refractivity contribution in [3.8, 4) is 5.75 Å². The Balaban J connectivity index is 1.70. The average Bonchev–Trinajstić information content (AvgIpc) is 2.90. The van der Waals surface area contributed by atoms with Gasteiger partial charge in [-0.25, -0.2) is 4.39 Å². The van der Waals surface area contributed by atoms with Crippen LogP contribution < -0.4 is 5.73 Å². The van der Waals surface area contributed by atoms with E-state index in [4.69, 9.17) is 5.73 Å². The Morgan fingerprint density at radius 3 is 2.27 bits per heavy atom. The Hall–Kier alpha value is -4.32. The third-order valence-corrected chi connectivity index (χ3v) is 8.49. The summed E-state index contributed by atoms with van der Waals surface area (Å²) in [5, 5.41) is 57.0. The van der Waals surface area contributed by atoms with E-state index in [9.17, 15) is 44.3 Å². The molecule has 0 radical (unpaired) electrons. The summed E-state index contributed by atoms with van der Waals surface area (Å²) in [5.74, 6) is -9.84. The summed E-state index contributed by atoms with van der Waals surface area (Å²) in [5.41, 5.74) is 2.09. The third kappa shape index (κ3) is 3.91. The van der Waals surface area contributed by atoms with Gasteiger partial charge in [-0.3, -0.25) is 19.3 Å². The van der Waals surface area contributed by atoms with Crippen LogP contribution in [0.15, 0.2) is 53.3 Å². The van der Waals surface area contributed by atoms with Crippen molar-refractivity contribution in [3.05, 3.63) is 81.4 Å². The third-order valence-electron chi connectivity index (χ3n) is 8.49. The smallest absolute Gasteiger partial charge is 0.255 e. The Labute approximate surface area is 234 Å². The number of benzene rings is 2. The number of aliphatic hydroxyl groups is 4. The summed E-state index contributed by atoms with van der Waals surface area (Å²) in [6.07, 6.45) is 1.48. The van der Waals surface area contributed by atoms with Crippen molar-refractivity contribution in [3.63, 3.8) is 0 Å². The van der Waals surface area contributed by atoms with Crippen LogP contribution in [0.4, 0.5) is 4.39 Å². The molecule has 1 saturated carbocycles. The van der Waals surface area contributed by atoms with Crippen molar-refractivity contribution in [2.24, 2.45) is 17.6 Å². The minimum atomic E-state index is -2.97. The van der Waals surface area contributed by atoms with E-state index < -0.39 is 87.2 Å². The number of ketones is 2. The lowest BCUT2D eigenvalue weighted by atomic mass is 9.54. The van der Waals surface area contributed by atoms with Gasteiger partial charge in [0.2, 0.25) is 5.78 Å². The summed E-state index contributed by atoms with van der Waals surface area (Å²) in [6.45, 7) is 1.66. The number of fused-ring (bicyclic) bond motifs is 3. The molecule has 2 aromatic rings. The van der Waals surface area contributed by atoms with Crippen LogP contribution in [0.5, 0.6) is 5.75 Å². The number of phenolic OH excluding ortho intramolecular Hbond substituents is 1. The number of aliphatic hydroxyl groups excluding tert-OH is 3. The van der Waals surface area contributed by atoms with Gasteiger partial charge in [-0.05, 0) is 43.3 Å². The SMILES string of the molecule is C[C@@H]1c2ccc(/C=C/c3ccc(F)cc3)c(O)c2C(O)=C2C(=O)[C@]3(O)C(O)=C(C(N)=O)C(=O)[C@@H](N(C)C)[C@H]3[C@@H](O)[C@@H]21. The van der Waals surface area contributed by atoms with Gasteiger partial charge in [0, 0.05) is 17.1 Å². The largest absolute Gasteiger partial charge is 0.508 e. The maximum absolute atomic E-state index is 14.0. The van der Waals surface area contributed by atoms with Gasteiger partial charge < -0.3 is 31.3 Å². The van der Waals surface area contributed by atoms with Crippen LogP contribution in [0.1, 0.15) is 35.1 Å².